The minimum Gasteiger partial charge on any atom is -0.379 e. The van der Waals surface area contributed by atoms with E-state index in [1.165, 1.54) is 12.1 Å². The van der Waals surface area contributed by atoms with Crippen LogP contribution in [-0.2, 0) is 33.8 Å². The van der Waals surface area contributed by atoms with E-state index in [1.54, 1.807) is 6.07 Å². The molecule has 1 fully saturated rings. The maximum absolute atomic E-state index is 13.0. The summed E-state index contributed by atoms with van der Waals surface area (Å²) in [6.45, 7) is 10.4. The summed E-state index contributed by atoms with van der Waals surface area (Å²) in [5.74, 6) is -0.476. The highest BCUT2D eigenvalue weighted by Gasteiger charge is 2.50. The molecule has 0 aromatic heterocycles. The maximum atomic E-state index is 13.0. The lowest BCUT2D eigenvalue weighted by Gasteiger charge is -2.46. The molecule has 0 bridgehead atoms. The molecule has 0 spiro atoms. The van der Waals surface area contributed by atoms with Gasteiger partial charge in [-0.2, -0.15) is 21.6 Å². The van der Waals surface area contributed by atoms with E-state index in [0.717, 1.165) is 57.4 Å². The molecule has 0 saturated carbocycles. The highest BCUT2D eigenvalue weighted by molar-refractivity contribution is 7.88. The van der Waals surface area contributed by atoms with E-state index in [9.17, 15) is 21.6 Å². The van der Waals surface area contributed by atoms with Crippen LogP contribution in [0.15, 0.2) is 24.3 Å². The third-order valence-corrected chi connectivity index (χ3v) is 7.64. The Morgan fingerprint density at radius 3 is 1.88 bits per heavy atom. The number of alkyl halides is 3. The molecule has 2 unspecified atom stereocenters. The van der Waals surface area contributed by atoms with Crippen molar-refractivity contribution in [2.45, 2.75) is 115 Å². The van der Waals surface area contributed by atoms with E-state index >= 15 is 0 Å². The largest absolute Gasteiger partial charge is 0.534 e. The van der Waals surface area contributed by atoms with Crippen LogP contribution in [0.3, 0.4) is 0 Å². The van der Waals surface area contributed by atoms with Gasteiger partial charge in [-0.15, -0.1) is 0 Å². The summed E-state index contributed by atoms with van der Waals surface area (Å²) in [5.41, 5.74) is -5.16. The second-order valence-electron chi connectivity index (χ2n) is 10.1. The summed E-state index contributed by atoms with van der Waals surface area (Å²) < 4.78 is 98.4. The number of benzene rings is 1. The third kappa shape index (κ3) is 11.3. The highest BCUT2D eigenvalue weighted by Crippen LogP contribution is 2.39. The van der Waals surface area contributed by atoms with Gasteiger partial charge in [-0.3, -0.25) is 0 Å². The predicted octanol–water partition coefficient (Wildman–Crippen LogP) is 6.73. The third-order valence-electron chi connectivity index (χ3n) is 6.66. The highest BCUT2D eigenvalue weighted by atomic mass is 32.2. The van der Waals surface area contributed by atoms with Gasteiger partial charge >= 0.3 is 15.6 Å². The summed E-state index contributed by atoms with van der Waals surface area (Å²) in [7, 11) is -5.84. The lowest BCUT2D eigenvalue weighted by Crippen LogP contribution is -2.58. The molecule has 1 saturated heterocycles. The maximum Gasteiger partial charge on any atom is 0.534 e. The Labute approximate surface area is 243 Å². The van der Waals surface area contributed by atoms with Crippen molar-refractivity contribution in [2.24, 2.45) is 0 Å². The fraction of sp³-hybridized carbons (Fsp3) is 0.793. The molecule has 0 radical (unpaired) electrons. The normalized spacial score (nSPS) is 23.5. The molecule has 1 aliphatic heterocycles. The number of unbranched alkanes of at least 4 members (excludes halogenated alkanes) is 4. The van der Waals surface area contributed by atoms with Crippen molar-refractivity contribution in [3.05, 3.63) is 29.8 Å². The Morgan fingerprint density at radius 2 is 1.32 bits per heavy atom. The molecule has 0 amide bonds. The van der Waals surface area contributed by atoms with Crippen LogP contribution in [0.25, 0.3) is 0 Å². The quantitative estimate of drug-likeness (QED) is 0.0910. The second kappa shape index (κ2) is 18.3. The molecular formula is C29H47F3O8S. The topological polar surface area (TPSA) is 89.5 Å². The molecule has 2 rings (SSSR count). The summed E-state index contributed by atoms with van der Waals surface area (Å²) in [6.07, 6.45) is 3.95. The van der Waals surface area contributed by atoms with Gasteiger partial charge < -0.3 is 27.9 Å². The average molecular weight is 613 g/mol. The zero-order valence-electron chi connectivity index (χ0n) is 24.7. The molecule has 238 valence electrons. The van der Waals surface area contributed by atoms with Gasteiger partial charge in [0.05, 0.1) is 6.61 Å². The number of rotatable bonds is 20. The van der Waals surface area contributed by atoms with Crippen molar-refractivity contribution < 1.29 is 49.5 Å². The van der Waals surface area contributed by atoms with Crippen LogP contribution in [0, 0.1) is 0 Å². The molecule has 1 aromatic rings. The van der Waals surface area contributed by atoms with Gasteiger partial charge in [0.1, 0.15) is 36.3 Å². The first kappa shape index (κ1) is 35.8. The zero-order chi connectivity index (χ0) is 30.3. The van der Waals surface area contributed by atoms with Gasteiger partial charge in [0.2, 0.25) is 0 Å². The van der Waals surface area contributed by atoms with Gasteiger partial charge in [-0.25, -0.2) is 0 Å². The van der Waals surface area contributed by atoms with Gasteiger partial charge in [-0.1, -0.05) is 65.5 Å². The van der Waals surface area contributed by atoms with Crippen molar-refractivity contribution in [2.75, 3.05) is 33.0 Å². The minimum absolute atomic E-state index is 0.223. The van der Waals surface area contributed by atoms with Gasteiger partial charge in [0.25, 0.3) is 0 Å². The van der Waals surface area contributed by atoms with E-state index in [0.29, 0.717) is 32.0 Å². The van der Waals surface area contributed by atoms with Crippen LogP contribution in [-0.4, -0.2) is 71.4 Å². The van der Waals surface area contributed by atoms with Gasteiger partial charge in [0, 0.05) is 26.4 Å². The smallest absolute Gasteiger partial charge is 0.379 e. The zero-order valence-corrected chi connectivity index (χ0v) is 25.5. The molecular weight excluding hydrogens is 565 g/mol. The summed E-state index contributed by atoms with van der Waals surface area (Å²) in [6, 6.07) is 5.46. The second-order valence-corrected chi connectivity index (χ2v) is 11.7. The number of halogens is 3. The first-order valence-electron chi connectivity index (χ1n) is 14.8. The molecule has 5 atom stereocenters. The number of ether oxygens (including phenoxy) is 5. The fourth-order valence-corrected chi connectivity index (χ4v) is 4.80. The van der Waals surface area contributed by atoms with E-state index < -0.39 is 51.9 Å². The first-order chi connectivity index (χ1) is 19.6. The van der Waals surface area contributed by atoms with E-state index in [2.05, 4.69) is 25.0 Å². The average Bonchev–Trinajstić information content (AvgIpc) is 2.92. The Morgan fingerprint density at radius 1 is 0.780 bits per heavy atom. The number of hydrogen-bond acceptors (Lipinski definition) is 8. The molecule has 0 aliphatic carbocycles. The van der Waals surface area contributed by atoms with Crippen molar-refractivity contribution in [3.63, 3.8) is 0 Å². The molecule has 0 N–H and O–H groups in total. The molecule has 1 aromatic carbocycles. The summed E-state index contributed by atoms with van der Waals surface area (Å²) in [5, 5.41) is 0. The van der Waals surface area contributed by atoms with Crippen LogP contribution in [0.4, 0.5) is 13.2 Å². The van der Waals surface area contributed by atoms with Crippen molar-refractivity contribution in [3.8, 4) is 5.75 Å². The van der Waals surface area contributed by atoms with E-state index in [1.807, 2.05) is 6.92 Å². The first-order valence-corrected chi connectivity index (χ1v) is 16.2. The molecule has 8 nitrogen and oxygen atoms in total. The molecule has 1 heterocycles. The van der Waals surface area contributed by atoms with Crippen molar-refractivity contribution >= 4 is 10.1 Å². The van der Waals surface area contributed by atoms with E-state index in [-0.39, 0.29) is 6.61 Å². The lowest BCUT2D eigenvalue weighted by atomic mass is 9.90. The molecule has 41 heavy (non-hydrogen) atoms. The van der Waals surface area contributed by atoms with Crippen LogP contribution < -0.4 is 4.18 Å². The Kier molecular flexibility index (Phi) is 15.9. The van der Waals surface area contributed by atoms with Gasteiger partial charge in [-0.05, 0) is 43.4 Å². The SMILES string of the molecule is CCCCOC[C@H]1OC(c2cccc(OS(=O)(=O)C(F)(F)F)c2)[C@H](OCCCC)C(OCCCC)[C@@H]1OCCCC. The standard InChI is InChI=1S/C29H47F3O8S/c1-5-9-16-35-21-24-26(36-17-10-6-2)28(38-19-12-8-4)27(37-18-11-7-3)25(39-24)22-14-13-15-23(20-22)40-41(33,34)29(30,31)32/h13-15,20,24-28H,5-12,16-19,21H2,1-4H3/t24-,25?,26-,27+,28?/m1/s1. The van der Waals surface area contributed by atoms with Crippen LogP contribution in [0.2, 0.25) is 0 Å². The fourth-order valence-electron chi connectivity index (χ4n) is 4.34. The number of hydrogen-bond donors (Lipinski definition) is 0. The Bertz CT molecular complexity index is 960. The lowest BCUT2D eigenvalue weighted by molar-refractivity contribution is -0.268. The molecule has 1 aliphatic rings. The van der Waals surface area contributed by atoms with Crippen LogP contribution >= 0.6 is 0 Å². The van der Waals surface area contributed by atoms with Crippen LogP contribution in [0.1, 0.15) is 90.7 Å². The monoisotopic (exact) mass is 612 g/mol. The molecule has 12 heteroatoms. The van der Waals surface area contributed by atoms with E-state index in [4.69, 9.17) is 23.7 Å². The van der Waals surface area contributed by atoms with Gasteiger partial charge in [0.15, 0.2) is 0 Å². The summed E-state index contributed by atoms with van der Waals surface area (Å²) >= 11 is 0. The minimum atomic E-state index is -5.84. The Balaban J connectivity index is 2.49. The predicted molar refractivity (Wildman–Crippen MR) is 149 cm³/mol. The Hall–Kier alpha value is -1.44. The summed E-state index contributed by atoms with van der Waals surface area (Å²) in [4.78, 5) is 0. The van der Waals surface area contributed by atoms with Crippen molar-refractivity contribution in [1.29, 1.82) is 0 Å². The van der Waals surface area contributed by atoms with Crippen LogP contribution in [0.5, 0.6) is 5.75 Å². The van der Waals surface area contributed by atoms with Crippen molar-refractivity contribution in [1.82, 2.24) is 0 Å².